The van der Waals surface area contributed by atoms with E-state index in [1.807, 2.05) is 0 Å². The summed E-state index contributed by atoms with van der Waals surface area (Å²) in [5, 5.41) is 0. The van der Waals surface area contributed by atoms with E-state index in [9.17, 15) is 9.59 Å². The van der Waals surface area contributed by atoms with E-state index >= 15 is 0 Å². The van der Waals surface area contributed by atoms with Gasteiger partial charge in [-0.2, -0.15) is 0 Å². The predicted octanol–water partition coefficient (Wildman–Crippen LogP) is 2.49. The Bertz CT molecular complexity index is 315. The Hall–Kier alpha value is -1.58. The number of primary amides is 1. The summed E-state index contributed by atoms with van der Waals surface area (Å²) < 4.78 is 5.21. The Morgan fingerprint density at radius 2 is 1.83 bits per heavy atom. The van der Waals surface area contributed by atoms with Gasteiger partial charge >= 0.3 is 5.97 Å². The summed E-state index contributed by atoms with van der Waals surface area (Å²) in [5.41, 5.74) is 5.18. The fraction of sp³-hybridized carbons (Fsp3) is 0.571. The first-order valence-corrected chi connectivity index (χ1v) is 6.26. The van der Waals surface area contributed by atoms with Crippen LogP contribution in [0.3, 0.4) is 0 Å². The van der Waals surface area contributed by atoms with E-state index in [0.29, 0.717) is 5.57 Å². The second-order valence-electron chi connectivity index (χ2n) is 4.35. The molecule has 0 atom stereocenters. The maximum Gasteiger partial charge on any atom is 0.333 e. The molecule has 0 spiro atoms. The number of hydrogen-bond acceptors (Lipinski definition) is 3. The van der Waals surface area contributed by atoms with Gasteiger partial charge in [-0.05, 0) is 45.6 Å². The minimum Gasteiger partial charge on any atom is -0.459 e. The van der Waals surface area contributed by atoms with Crippen molar-refractivity contribution < 1.29 is 14.3 Å². The zero-order valence-corrected chi connectivity index (χ0v) is 11.3. The first-order chi connectivity index (χ1) is 8.47. The standard InChI is InChI=1S/C10H16O2.C4H7NO/c1-8(2)10(11)12-9-6-4-3-5-7-9;1-2-3-4(5)6/h9H,1,3-7H2,2H3;2-3H,1H3,(H2,5,6). The highest BCUT2D eigenvalue weighted by Gasteiger charge is 2.17. The van der Waals surface area contributed by atoms with Crippen molar-refractivity contribution in [1.82, 2.24) is 0 Å². The molecule has 0 bridgehead atoms. The van der Waals surface area contributed by atoms with Crippen molar-refractivity contribution in [2.45, 2.75) is 52.1 Å². The van der Waals surface area contributed by atoms with Crippen LogP contribution in [-0.2, 0) is 14.3 Å². The van der Waals surface area contributed by atoms with Gasteiger partial charge in [0, 0.05) is 5.57 Å². The van der Waals surface area contributed by atoms with E-state index in [-0.39, 0.29) is 12.1 Å². The van der Waals surface area contributed by atoms with Crippen LogP contribution in [0.5, 0.6) is 0 Å². The highest BCUT2D eigenvalue weighted by atomic mass is 16.5. The van der Waals surface area contributed by atoms with Crippen molar-refractivity contribution in [3.05, 3.63) is 24.3 Å². The smallest absolute Gasteiger partial charge is 0.333 e. The molecule has 0 aromatic carbocycles. The minimum absolute atomic E-state index is 0.156. The lowest BCUT2D eigenvalue weighted by Gasteiger charge is -2.21. The monoisotopic (exact) mass is 253 g/mol. The predicted molar refractivity (Wildman–Crippen MR) is 71.8 cm³/mol. The number of allylic oxidation sites excluding steroid dienone is 1. The second kappa shape index (κ2) is 9.45. The fourth-order valence-electron chi connectivity index (χ4n) is 1.60. The highest BCUT2D eigenvalue weighted by molar-refractivity contribution is 5.87. The van der Waals surface area contributed by atoms with Crippen LogP contribution in [0.1, 0.15) is 46.0 Å². The molecule has 0 aromatic rings. The molecule has 0 saturated heterocycles. The van der Waals surface area contributed by atoms with Crippen molar-refractivity contribution in [1.29, 1.82) is 0 Å². The number of ether oxygens (including phenoxy) is 1. The van der Waals surface area contributed by atoms with Crippen LogP contribution < -0.4 is 5.73 Å². The number of nitrogens with two attached hydrogens (primary N) is 1. The average molecular weight is 253 g/mol. The first-order valence-electron chi connectivity index (χ1n) is 6.26. The molecule has 0 aromatic heterocycles. The first kappa shape index (κ1) is 16.4. The Morgan fingerprint density at radius 1 is 1.28 bits per heavy atom. The number of carbonyl (C=O) groups is 2. The maximum absolute atomic E-state index is 11.1. The molecule has 0 unspecified atom stereocenters. The zero-order valence-electron chi connectivity index (χ0n) is 11.3. The van der Waals surface area contributed by atoms with Gasteiger partial charge in [0.25, 0.3) is 0 Å². The minimum atomic E-state index is -0.391. The summed E-state index contributed by atoms with van der Waals surface area (Å²) in [6, 6.07) is 0. The molecular formula is C14H23NO3. The van der Waals surface area contributed by atoms with Gasteiger partial charge in [-0.3, -0.25) is 4.79 Å². The van der Waals surface area contributed by atoms with Crippen LogP contribution in [0.15, 0.2) is 24.3 Å². The van der Waals surface area contributed by atoms with Crippen LogP contribution in [0.2, 0.25) is 0 Å². The maximum atomic E-state index is 11.1. The molecule has 1 amide bonds. The summed E-state index contributed by atoms with van der Waals surface area (Å²) in [6.07, 6.45) is 8.77. The number of hydrogen-bond donors (Lipinski definition) is 1. The van der Waals surface area contributed by atoms with Crippen LogP contribution >= 0.6 is 0 Å². The molecule has 102 valence electrons. The lowest BCUT2D eigenvalue weighted by Crippen LogP contribution is -2.20. The quantitative estimate of drug-likeness (QED) is 0.620. The summed E-state index contributed by atoms with van der Waals surface area (Å²) in [4.78, 5) is 20.8. The molecule has 2 N–H and O–H groups in total. The van der Waals surface area contributed by atoms with E-state index in [0.717, 1.165) is 12.8 Å². The third-order valence-electron chi connectivity index (χ3n) is 2.51. The van der Waals surface area contributed by atoms with Gasteiger partial charge in [0.2, 0.25) is 5.91 Å². The van der Waals surface area contributed by atoms with E-state index in [1.54, 1.807) is 19.9 Å². The van der Waals surface area contributed by atoms with Crippen LogP contribution in [-0.4, -0.2) is 18.0 Å². The molecule has 1 aliphatic carbocycles. The number of esters is 1. The van der Waals surface area contributed by atoms with Crippen molar-refractivity contribution >= 4 is 11.9 Å². The number of rotatable bonds is 3. The van der Waals surface area contributed by atoms with Crippen molar-refractivity contribution in [2.75, 3.05) is 0 Å². The number of amides is 1. The van der Waals surface area contributed by atoms with Crippen LogP contribution in [0.4, 0.5) is 0 Å². The molecule has 4 nitrogen and oxygen atoms in total. The summed E-state index contributed by atoms with van der Waals surface area (Å²) in [7, 11) is 0. The van der Waals surface area contributed by atoms with Gasteiger partial charge in [-0.1, -0.05) is 19.1 Å². The third-order valence-corrected chi connectivity index (χ3v) is 2.51. The van der Waals surface area contributed by atoms with Crippen molar-refractivity contribution in [2.24, 2.45) is 5.73 Å². The molecule has 0 heterocycles. The second-order valence-corrected chi connectivity index (χ2v) is 4.35. The van der Waals surface area contributed by atoms with E-state index in [4.69, 9.17) is 4.74 Å². The van der Waals surface area contributed by atoms with Crippen molar-refractivity contribution in [3.8, 4) is 0 Å². The lowest BCUT2D eigenvalue weighted by atomic mass is 9.98. The average Bonchev–Trinajstić information content (AvgIpc) is 2.30. The summed E-state index contributed by atoms with van der Waals surface area (Å²) in [6.45, 7) is 6.97. The topological polar surface area (TPSA) is 69.4 Å². The third kappa shape index (κ3) is 8.56. The van der Waals surface area contributed by atoms with Gasteiger partial charge in [-0.15, -0.1) is 0 Å². The largest absolute Gasteiger partial charge is 0.459 e. The van der Waals surface area contributed by atoms with Gasteiger partial charge in [0.05, 0.1) is 0 Å². The molecule has 1 saturated carbocycles. The molecule has 0 radical (unpaired) electrons. The van der Waals surface area contributed by atoms with E-state index in [1.165, 1.54) is 25.3 Å². The highest BCUT2D eigenvalue weighted by Crippen LogP contribution is 2.20. The van der Waals surface area contributed by atoms with Crippen LogP contribution in [0.25, 0.3) is 0 Å². The molecule has 1 rings (SSSR count). The van der Waals surface area contributed by atoms with E-state index in [2.05, 4.69) is 12.3 Å². The number of carbonyl (C=O) groups excluding carboxylic acids is 2. The Labute approximate surface area is 109 Å². The Balaban J connectivity index is 0.000000411. The molecule has 4 heteroatoms. The van der Waals surface area contributed by atoms with Crippen molar-refractivity contribution in [3.63, 3.8) is 0 Å². The summed E-state index contributed by atoms with van der Waals surface area (Å²) >= 11 is 0. The van der Waals surface area contributed by atoms with E-state index < -0.39 is 5.91 Å². The lowest BCUT2D eigenvalue weighted by molar-refractivity contribution is -0.145. The molecule has 18 heavy (non-hydrogen) atoms. The fourth-order valence-corrected chi connectivity index (χ4v) is 1.60. The van der Waals surface area contributed by atoms with Gasteiger partial charge in [0.15, 0.2) is 0 Å². The van der Waals surface area contributed by atoms with Gasteiger partial charge in [0.1, 0.15) is 6.10 Å². The SMILES string of the molecule is C=C(C)C(=O)OC1CCCCC1.CC=CC(N)=O. The zero-order chi connectivity index (χ0) is 14.0. The summed E-state index contributed by atoms with van der Waals surface area (Å²) in [5.74, 6) is -0.626. The molecule has 1 aliphatic rings. The van der Waals surface area contributed by atoms with Crippen LogP contribution in [0, 0.1) is 0 Å². The van der Waals surface area contributed by atoms with Gasteiger partial charge in [-0.25, -0.2) is 4.79 Å². The molecule has 0 aliphatic heterocycles. The molecule has 1 fully saturated rings. The molecular weight excluding hydrogens is 230 g/mol. The Kier molecular flexibility index (Phi) is 8.62. The van der Waals surface area contributed by atoms with Gasteiger partial charge < -0.3 is 10.5 Å². The normalized spacial score (nSPS) is 15.7. The Morgan fingerprint density at radius 3 is 2.17 bits per heavy atom.